The lowest BCUT2D eigenvalue weighted by atomic mass is 10.1. The molecule has 0 saturated heterocycles. The van der Waals surface area contributed by atoms with Crippen molar-refractivity contribution in [3.63, 3.8) is 0 Å². The van der Waals surface area contributed by atoms with Crippen molar-refractivity contribution in [1.29, 1.82) is 0 Å². The molecule has 0 spiro atoms. The quantitative estimate of drug-likeness (QED) is 0.469. The first-order chi connectivity index (χ1) is 3.91. The van der Waals surface area contributed by atoms with Gasteiger partial charge in [0.1, 0.15) is 0 Å². The molecule has 0 unspecified atom stereocenters. The minimum Gasteiger partial charge on any atom is -0.141 e. The van der Waals surface area contributed by atoms with Crippen molar-refractivity contribution in [3.8, 4) is 0 Å². The van der Waals surface area contributed by atoms with Gasteiger partial charge in [0.15, 0.2) is 0 Å². The van der Waals surface area contributed by atoms with Gasteiger partial charge in [-0.2, -0.15) is 0 Å². The van der Waals surface area contributed by atoms with Gasteiger partial charge in [-0.05, 0) is 27.7 Å². The van der Waals surface area contributed by atoms with Gasteiger partial charge < -0.3 is 0 Å². The van der Waals surface area contributed by atoms with Crippen molar-refractivity contribution in [2.75, 3.05) is 0 Å². The third-order valence-corrected chi connectivity index (χ3v) is 2.74. The monoisotopic (exact) mass is 142 g/mol. The Morgan fingerprint density at radius 3 is 1.33 bits per heavy atom. The SMILES string of the molecule is CC1(C)C=CC(C)(C)S1. The number of rotatable bonds is 0. The van der Waals surface area contributed by atoms with Crippen molar-refractivity contribution in [1.82, 2.24) is 0 Å². The molecule has 9 heavy (non-hydrogen) atoms. The fraction of sp³-hybridized carbons (Fsp3) is 0.750. The molecule has 1 heteroatoms. The zero-order chi connectivity index (χ0) is 7.12. The molecule has 0 atom stereocenters. The van der Waals surface area contributed by atoms with Gasteiger partial charge in [0.25, 0.3) is 0 Å². The average molecular weight is 142 g/mol. The van der Waals surface area contributed by atoms with E-state index in [2.05, 4.69) is 39.8 Å². The second kappa shape index (κ2) is 1.79. The summed E-state index contributed by atoms with van der Waals surface area (Å²) < 4.78 is 0.729. The summed E-state index contributed by atoms with van der Waals surface area (Å²) in [6.07, 6.45) is 4.58. The Labute approximate surface area is 61.7 Å². The lowest BCUT2D eigenvalue weighted by molar-refractivity contribution is 0.893. The van der Waals surface area contributed by atoms with E-state index in [1.54, 1.807) is 0 Å². The van der Waals surface area contributed by atoms with Crippen LogP contribution in [0.2, 0.25) is 0 Å². The van der Waals surface area contributed by atoms with Gasteiger partial charge in [0.05, 0.1) is 0 Å². The molecule has 0 aromatic carbocycles. The fourth-order valence-corrected chi connectivity index (χ4v) is 2.78. The molecule has 0 bridgehead atoms. The van der Waals surface area contributed by atoms with Crippen LogP contribution in [0.4, 0.5) is 0 Å². The van der Waals surface area contributed by atoms with Crippen LogP contribution in [0.15, 0.2) is 12.2 Å². The lowest BCUT2D eigenvalue weighted by Gasteiger charge is -2.21. The molecular weight excluding hydrogens is 128 g/mol. The van der Waals surface area contributed by atoms with E-state index in [-0.39, 0.29) is 0 Å². The van der Waals surface area contributed by atoms with E-state index in [1.807, 2.05) is 11.8 Å². The number of hydrogen-bond acceptors (Lipinski definition) is 1. The van der Waals surface area contributed by atoms with E-state index in [0.29, 0.717) is 9.49 Å². The normalized spacial score (nSPS) is 28.9. The minimum atomic E-state index is 0.365. The van der Waals surface area contributed by atoms with Crippen LogP contribution >= 0.6 is 11.8 Å². The van der Waals surface area contributed by atoms with E-state index in [0.717, 1.165) is 0 Å². The van der Waals surface area contributed by atoms with Crippen molar-refractivity contribution >= 4 is 11.8 Å². The molecule has 52 valence electrons. The lowest BCUT2D eigenvalue weighted by Crippen LogP contribution is -2.13. The van der Waals surface area contributed by atoms with Crippen LogP contribution in [-0.2, 0) is 0 Å². The van der Waals surface area contributed by atoms with Crippen LogP contribution in [0, 0.1) is 0 Å². The molecule has 0 radical (unpaired) electrons. The largest absolute Gasteiger partial charge is 0.141 e. The average Bonchev–Trinajstić information content (AvgIpc) is 1.78. The predicted molar refractivity (Wildman–Crippen MR) is 44.9 cm³/mol. The molecule has 0 nitrogen and oxygen atoms in total. The van der Waals surface area contributed by atoms with Crippen molar-refractivity contribution < 1.29 is 0 Å². The smallest absolute Gasteiger partial charge is 0.0291 e. The van der Waals surface area contributed by atoms with Crippen LogP contribution in [-0.4, -0.2) is 9.49 Å². The summed E-state index contributed by atoms with van der Waals surface area (Å²) in [6.45, 7) is 9.01. The van der Waals surface area contributed by atoms with Gasteiger partial charge in [-0.15, -0.1) is 11.8 Å². The zero-order valence-electron chi connectivity index (χ0n) is 6.56. The topological polar surface area (TPSA) is 0 Å². The number of thioether (sulfide) groups is 1. The molecule has 0 aromatic rings. The third kappa shape index (κ3) is 1.75. The van der Waals surface area contributed by atoms with Crippen LogP contribution in [0.25, 0.3) is 0 Å². The van der Waals surface area contributed by atoms with Gasteiger partial charge in [0, 0.05) is 9.49 Å². The van der Waals surface area contributed by atoms with Crippen LogP contribution < -0.4 is 0 Å². The molecule has 1 heterocycles. The predicted octanol–water partition coefficient (Wildman–Crippen LogP) is 2.85. The summed E-state index contributed by atoms with van der Waals surface area (Å²) in [6, 6.07) is 0. The van der Waals surface area contributed by atoms with E-state index >= 15 is 0 Å². The Balaban J connectivity index is 2.71. The Hall–Kier alpha value is 0.0900. The van der Waals surface area contributed by atoms with E-state index in [4.69, 9.17) is 0 Å². The van der Waals surface area contributed by atoms with Crippen molar-refractivity contribution in [2.45, 2.75) is 37.2 Å². The highest BCUT2D eigenvalue weighted by Gasteiger charge is 2.31. The van der Waals surface area contributed by atoms with E-state index in [9.17, 15) is 0 Å². The molecule has 1 rings (SSSR count). The van der Waals surface area contributed by atoms with Gasteiger partial charge in [-0.3, -0.25) is 0 Å². The van der Waals surface area contributed by atoms with Gasteiger partial charge in [0.2, 0.25) is 0 Å². The maximum atomic E-state index is 2.29. The van der Waals surface area contributed by atoms with Gasteiger partial charge in [-0.25, -0.2) is 0 Å². The molecule has 0 aromatic heterocycles. The molecule has 0 fully saturated rings. The fourth-order valence-electron chi connectivity index (χ4n) is 1.15. The molecule has 0 N–H and O–H groups in total. The van der Waals surface area contributed by atoms with Gasteiger partial charge in [-0.1, -0.05) is 12.2 Å². The summed E-state index contributed by atoms with van der Waals surface area (Å²) in [7, 11) is 0. The Kier molecular flexibility index (Phi) is 1.43. The van der Waals surface area contributed by atoms with Crippen molar-refractivity contribution in [3.05, 3.63) is 12.2 Å². The van der Waals surface area contributed by atoms with Crippen LogP contribution in [0.1, 0.15) is 27.7 Å². The number of hydrogen-bond donors (Lipinski definition) is 0. The van der Waals surface area contributed by atoms with E-state index in [1.165, 1.54) is 0 Å². The first kappa shape index (κ1) is 7.20. The standard InChI is InChI=1S/C8H14S/c1-7(2)5-6-8(3,4)9-7/h5-6H,1-4H3. The molecule has 0 amide bonds. The van der Waals surface area contributed by atoms with E-state index < -0.39 is 0 Å². The summed E-state index contributed by atoms with van der Waals surface area (Å²) in [4.78, 5) is 0. The third-order valence-electron chi connectivity index (χ3n) is 1.41. The highest BCUT2D eigenvalue weighted by Crippen LogP contribution is 2.43. The second-order valence-electron chi connectivity index (χ2n) is 3.64. The van der Waals surface area contributed by atoms with Crippen LogP contribution in [0.5, 0.6) is 0 Å². The Morgan fingerprint density at radius 2 is 1.22 bits per heavy atom. The Bertz CT molecular complexity index is 127. The minimum absolute atomic E-state index is 0.365. The summed E-state index contributed by atoms with van der Waals surface area (Å²) >= 11 is 2.01. The van der Waals surface area contributed by atoms with Crippen molar-refractivity contribution in [2.24, 2.45) is 0 Å². The second-order valence-corrected chi connectivity index (χ2v) is 5.95. The molecular formula is C8H14S. The molecule has 1 aliphatic heterocycles. The summed E-state index contributed by atoms with van der Waals surface area (Å²) in [5.74, 6) is 0. The summed E-state index contributed by atoms with van der Waals surface area (Å²) in [5, 5.41) is 0. The van der Waals surface area contributed by atoms with Crippen LogP contribution in [0.3, 0.4) is 0 Å². The highest BCUT2D eigenvalue weighted by atomic mass is 32.2. The zero-order valence-corrected chi connectivity index (χ0v) is 7.38. The first-order valence-corrected chi connectivity index (χ1v) is 4.14. The molecule has 0 aliphatic carbocycles. The maximum absolute atomic E-state index is 2.29. The summed E-state index contributed by atoms with van der Waals surface area (Å²) in [5.41, 5.74) is 0. The van der Waals surface area contributed by atoms with Gasteiger partial charge >= 0.3 is 0 Å². The highest BCUT2D eigenvalue weighted by molar-refractivity contribution is 8.02. The molecule has 1 aliphatic rings. The first-order valence-electron chi connectivity index (χ1n) is 3.32. The Morgan fingerprint density at radius 1 is 0.889 bits per heavy atom. The maximum Gasteiger partial charge on any atom is 0.0291 e. The molecule has 0 saturated carbocycles.